The van der Waals surface area contributed by atoms with Crippen molar-refractivity contribution in [3.63, 3.8) is 0 Å². The highest BCUT2D eigenvalue weighted by molar-refractivity contribution is 7.16. The van der Waals surface area contributed by atoms with Gasteiger partial charge >= 0.3 is 12.1 Å². The third kappa shape index (κ3) is 19.3. The first-order valence-corrected chi connectivity index (χ1v) is 20.2. The summed E-state index contributed by atoms with van der Waals surface area (Å²) in [6.07, 6.45) is 0.676. The van der Waals surface area contributed by atoms with E-state index in [9.17, 15) is 14.4 Å². The number of amides is 2. The lowest BCUT2D eigenvalue weighted by Crippen LogP contribution is -2.37. The molecule has 0 bridgehead atoms. The van der Waals surface area contributed by atoms with Crippen LogP contribution in [0.15, 0.2) is 42.5 Å². The Hall–Kier alpha value is -3.63. The number of nitrogens with zero attached hydrogens (tertiary/aromatic N) is 1. The second kappa shape index (κ2) is 24.6. The zero-order chi connectivity index (χ0) is 40.9. The predicted octanol–water partition coefficient (Wildman–Crippen LogP) is 10.9. The number of carbonyl (C=O) groups is 3. The van der Waals surface area contributed by atoms with Crippen LogP contribution in [0.2, 0.25) is 5.02 Å². The van der Waals surface area contributed by atoms with Gasteiger partial charge in [-0.25, -0.2) is 9.78 Å². The second-order valence-electron chi connectivity index (χ2n) is 14.1. The molecule has 0 saturated heterocycles. The Morgan fingerprint density at radius 3 is 2.00 bits per heavy atom. The van der Waals surface area contributed by atoms with Gasteiger partial charge in [0.2, 0.25) is 0 Å². The van der Waals surface area contributed by atoms with E-state index in [4.69, 9.17) is 26.1 Å². The van der Waals surface area contributed by atoms with Crippen molar-refractivity contribution in [1.29, 1.82) is 0 Å². The lowest BCUT2D eigenvalue weighted by Gasteiger charge is -2.24. The first kappa shape index (κ1) is 49.4. The van der Waals surface area contributed by atoms with Crippen LogP contribution >= 0.6 is 22.9 Å². The van der Waals surface area contributed by atoms with E-state index in [1.807, 2.05) is 93.5 Å². The van der Waals surface area contributed by atoms with Gasteiger partial charge in [-0.2, -0.15) is 0 Å². The number of nitrogens with one attached hydrogen (secondary N) is 3. The highest BCUT2D eigenvalue weighted by Crippen LogP contribution is 2.35. The van der Waals surface area contributed by atoms with Crippen molar-refractivity contribution in [3.8, 4) is 11.3 Å². The Kier molecular flexibility index (Phi) is 23.0. The molecule has 3 rings (SSSR count). The molecular weight excluding hydrogens is 708 g/mol. The first-order valence-electron chi connectivity index (χ1n) is 19.0. The Morgan fingerprint density at radius 1 is 0.830 bits per heavy atom. The lowest BCUT2D eigenvalue weighted by molar-refractivity contribution is -0.159. The van der Waals surface area contributed by atoms with Gasteiger partial charge in [0.15, 0.2) is 5.13 Å². The smallest absolute Gasteiger partial charge is 0.407 e. The van der Waals surface area contributed by atoms with Gasteiger partial charge in [0.1, 0.15) is 11.2 Å². The number of alkyl carbamates (subject to hydrolysis) is 1. The summed E-state index contributed by atoms with van der Waals surface area (Å²) in [7, 11) is 0. The minimum atomic E-state index is -0.659. The van der Waals surface area contributed by atoms with Crippen molar-refractivity contribution in [3.05, 3.63) is 69.1 Å². The van der Waals surface area contributed by atoms with Gasteiger partial charge in [-0.05, 0) is 96.6 Å². The van der Waals surface area contributed by atoms with Gasteiger partial charge in [0, 0.05) is 40.7 Å². The molecule has 1 atom stereocenters. The van der Waals surface area contributed by atoms with Gasteiger partial charge < -0.3 is 25.4 Å². The standard InChI is InChI=1S/C36H49ClN4O5S.3C2H6/c1-22(2)17-29-30(25-14-13-23(3)28(37)20-25)41-33(47-29)40-21-27(32(43)45-35(4,5)6)19-24-11-10-12-26(18-24)31(42)38-15-16-39-34(44)46-36(7,8)9;3*1-2/h10-14,18,20,22,27H,15-17,19,21H2,1-9H3,(H,38,42)(H,39,44)(H,40,41);3*1-2H3. The van der Waals surface area contributed by atoms with Crippen LogP contribution in [0.3, 0.4) is 0 Å². The number of thiazole rings is 1. The molecule has 11 heteroatoms. The molecule has 0 saturated carbocycles. The van der Waals surface area contributed by atoms with E-state index >= 15 is 0 Å². The zero-order valence-corrected chi connectivity index (χ0v) is 36.6. The van der Waals surface area contributed by atoms with Crippen LogP contribution in [0.5, 0.6) is 0 Å². The van der Waals surface area contributed by atoms with Crippen LogP contribution in [0.4, 0.5) is 9.93 Å². The number of carbonyl (C=O) groups excluding carboxylic acids is 3. The summed E-state index contributed by atoms with van der Waals surface area (Å²) in [4.78, 5) is 44.2. The van der Waals surface area contributed by atoms with Crippen molar-refractivity contribution in [2.45, 2.75) is 128 Å². The highest BCUT2D eigenvalue weighted by atomic mass is 35.5. The Bertz CT molecular complexity index is 1540. The van der Waals surface area contributed by atoms with Crippen LogP contribution in [-0.2, 0) is 27.1 Å². The summed E-state index contributed by atoms with van der Waals surface area (Å²) in [5.74, 6) is -0.727. The second-order valence-corrected chi connectivity index (χ2v) is 15.5. The number of aromatic nitrogens is 1. The number of aryl methyl sites for hydroxylation is 1. The number of hydrogen-bond donors (Lipinski definition) is 3. The third-order valence-electron chi connectivity index (χ3n) is 6.73. The minimum Gasteiger partial charge on any atom is -0.460 e. The average molecular weight is 776 g/mol. The topological polar surface area (TPSA) is 119 Å². The van der Waals surface area contributed by atoms with Crippen LogP contribution in [0.25, 0.3) is 11.3 Å². The maximum Gasteiger partial charge on any atom is 0.407 e. The minimum absolute atomic E-state index is 0.223. The monoisotopic (exact) mass is 774 g/mol. The fraction of sp³-hybridized carbons (Fsp3) is 0.571. The number of halogens is 1. The summed E-state index contributed by atoms with van der Waals surface area (Å²) in [6.45, 7) is 30.0. The first-order chi connectivity index (χ1) is 24.9. The molecule has 1 heterocycles. The molecule has 1 unspecified atom stereocenters. The maximum atomic E-state index is 13.4. The maximum absolute atomic E-state index is 13.4. The van der Waals surface area contributed by atoms with Crippen molar-refractivity contribution in [2.75, 3.05) is 25.0 Å². The van der Waals surface area contributed by atoms with E-state index in [-0.39, 0.29) is 25.0 Å². The molecule has 9 nitrogen and oxygen atoms in total. The molecule has 2 amide bonds. The Balaban J connectivity index is 0.00000428. The molecular formula is C42H67ClN4O5S. The molecule has 2 aromatic carbocycles. The summed E-state index contributed by atoms with van der Waals surface area (Å²) in [5.41, 5.74) is 2.87. The van der Waals surface area contributed by atoms with Crippen LogP contribution in [0, 0.1) is 18.8 Å². The molecule has 1 aromatic heterocycles. The Morgan fingerprint density at radius 2 is 1.43 bits per heavy atom. The number of anilines is 1. The molecule has 0 aliphatic rings. The summed E-state index contributed by atoms with van der Waals surface area (Å²) in [6, 6.07) is 13.2. The largest absolute Gasteiger partial charge is 0.460 e. The molecule has 0 spiro atoms. The van der Waals surface area contributed by atoms with E-state index in [0.717, 1.165) is 33.7 Å². The molecule has 0 fully saturated rings. The molecule has 53 heavy (non-hydrogen) atoms. The zero-order valence-electron chi connectivity index (χ0n) is 35.0. The van der Waals surface area contributed by atoms with Gasteiger partial charge in [-0.1, -0.05) is 91.3 Å². The van der Waals surface area contributed by atoms with Gasteiger partial charge in [-0.3, -0.25) is 9.59 Å². The predicted molar refractivity (Wildman–Crippen MR) is 224 cm³/mol. The summed E-state index contributed by atoms with van der Waals surface area (Å²) >= 11 is 8.03. The molecule has 3 aromatic rings. The van der Waals surface area contributed by atoms with E-state index in [1.165, 1.54) is 0 Å². The number of rotatable bonds is 13. The van der Waals surface area contributed by atoms with E-state index < -0.39 is 23.2 Å². The van der Waals surface area contributed by atoms with Crippen molar-refractivity contribution in [2.24, 2.45) is 11.8 Å². The number of ether oxygens (including phenoxy) is 2. The number of benzene rings is 2. The quantitative estimate of drug-likeness (QED) is 0.117. The molecule has 3 N–H and O–H groups in total. The van der Waals surface area contributed by atoms with Crippen LogP contribution in [-0.4, -0.2) is 53.8 Å². The van der Waals surface area contributed by atoms with Crippen LogP contribution in [0.1, 0.15) is 123 Å². The molecule has 298 valence electrons. The fourth-order valence-electron chi connectivity index (χ4n) is 4.62. The molecule has 0 aliphatic heterocycles. The van der Waals surface area contributed by atoms with Gasteiger partial charge in [0.25, 0.3) is 5.91 Å². The normalized spacial score (nSPS) is 11.3. The van der Waals surface area contributed by atoms with Gasteiger partial charge in [-0.15, -0.1) is 11.3 Å². The molecule has 0 radical (unpaired) electrons. The Labute approximate surface area is 329 Å². The SMILES string of the molecule is CC.CC.CC.Cc1ccc(-c2nc(NCC(Cc3cccc(C(=O)NCCNC(=O)OC(C)(C)C)c3)C(=O)OC(C)(C)C)sc2CC(C)C)cc1Cl. The molecule has 0 aliphatic carbocycles. The van der Waals surface area contributed by atoms with Crippen molar-refractivity contribution >= 4 is 46.0 Å². The number of hydrogen-bond acceptors (Lipinski definition) is 8. The number of esters is 1. The lowest BCUT2D eigenvalue weighted by atomic mass is 9.97. The van der Waals surface area contributed by atoms with Crippen molar-refractivity contribution < 1.29 is 23.9 Å². The van der Waals surface area contributed by atoms with Crippen LogP contribution < -0.4 is 16.0 Å². The van der Waals surface area contributed by atoms with E-state index in [2.05, 4.69) is 29.8 Å². The summed E-state index contributed by atoms with van der Waals surface area (Å²) in [5, 5.41) is 10.3. The van der Waals surface area contributed by atoms with E-state index in [0.29, 0.717) is 34.6 Å². The average Bonchev–Trinajstić information content (AvgIpc) is 3.49. The highest BCUT2D eigenvalue weighted by Gasteiger charge is 2.27. The van der Waals surface area contributed by atoms with E-state index in [1.54, 1.807) is 50.3 Å². The van der Waals surface area contributed by atoms with Crippen molar-refractivity contribution in [1.82, 2.24) is 15.6 Å². The summed E-state index contributed by atoms with van der Waals surface area (Å²) < 4.78 is 11.0. The third-order valence-corrected chi connectivity index (χ3v) is 8.17. The fourth-order valence-corrected chi connectivity index (χ4v) is 6.00. The van der Waals surface area contributed by atoms with Gasteiger partial charge in [0.05, 0.1) is 11.6 Å².